The Morgan fingerprint density at radius 2 is 2.05 bits per heavy atom. The summed E-state index contributed by atoms with van der Waals surface area (Å²) in [4.78, 5) is 11.0. The minimum Gasteiger partial charge on any atom is -0.497 e. The van der Waals surface area contributed by atoms with Gasteiger partial charge in [-0.25, -0.2) is 4.79 Å². The van der Waals surface area contributed by atoms with Gasteiger partial charge in [0.15, 0.2) is 0 Å². The van der Waals surface area contributed by atoms with Crippen molar-refractivity contribution in [1.29, 1.82) is 0 Å². The number of hydrogen-bond acceptors (Lipinski definition) is 4. The monoisotopic (exact) mass is 272 g/mol. The second kappa shape index (κ2) is 5.97. The van der Waals surface area contributed by atoms with Gasteiger partial charge in [0.25, 0.3) is 0 Å². The van der Waals surface area contributed by atoms with Crippen molar-refractivity contribution in [1.82, 2.24) is 0 Å². The van der Waals surface area contributed by atoms with E-state index in [0.29, 0.717) is 12.2 Å². The molecule has 0 aromatic heterocycles. The number of carboxylic acids is 1. The molecule has 0 atom stereocenters. The number of nitrogen functional groups attached to an aromatic ring is 1. The van der Waals surface area contributed by atoms with Crippen molar-refractivity contribution in [2.75, 3.05) is 18.2 Å². The van der Waals surface area contributed by atoms with Gasteiger partial charge in [0, 0.05) is 6.54 Å². The van der Waals surface area contributed by atoms with Crippen LogP contribution in [-0.2, 0) is 6.54 Å². The lowest BCUT2D eigenvalue weighted by molar-refractivity contribution is 0.0698. The summed E-state index contributed by atoms with van der Waals surface area (Å²) in [6.07, 6.45) is 0. The lowest BCUT2D eigenvalue weighted by Crippen LogP contribution is -2.07. The van der Waals surface area contributed by atoms with Gasteiger partial charge in [0.1, 0.15) is 5.75 Å². The van der Waals surface area contributed by atoms with E-state index in [9.17, 15) is 4.79 Å². The Morgan fingerprint density at radius 3 is 2.75 bits per heavy atom. The molecule has 0 unspecified atom stereocenters. The first-order chi connectivity index (χ1) is 9.61. The highest BCUT2D eigenvalue weighted by molar-refractivity contribution is 5.97. The van der Waals surface area contributed by atoms with Gasteiger partial charge in [-0.15, -0.1) is 0 Å². The Balaban J connectivity index is 2.14. The number of benzene rings is 2. The van der Waals surface area contributed by atoms with E-state index in [1.165, 1.54) is 6.07 Å². The first kappa shape index (κ1) is 13.7. The molecule has 0 aliphatic rings. The molecule has 2 rings (SSSR count). The van der Waals surface area contributed by atoms with Crippen molar-refractivity contribution in [2.45, 2.75) is 6.54 Å². The fraction of sp³-hybridized carbons (Fsp3) is 0.133. The van der Waals surface area contributed by atoms with Crippen molar-refractivity contribution in [3.8, 4) is 5.75 Å². The van der Waals surface area contributed by atoms with Gasteiger partial charge in [-0.1, -0.05) is 18.2 Å². The lowest BCUT2D eigenvalue weighted by Gasteiger charge is -2.11. The van der Waals surface area contributed by atoms with Crippen molar-refractivity contribution in [3.63, 3.8) is 0 Å². The van der Waals surface area contributed by atoms with E-state index < -0.39 is 5.97 Å². The third kappa shape index (κ3) is 3.00. The third-order valence-electron chi connectivity index (χ3n) is 2.95. The molecule has 4 N–H and O–H groups in total. The van der Waals surface area contributed by atoms with E-state index in [4.69, 9.17) is 15.6 Å². The molecule has 0 heterocycles. The molecule has 0 fully saturated rings. The molecule has 20 heavy (non-hydrogen) atoms. The minimum absolute atomic E-state index is 0.0978. The summed E-state index contributed by atoms with van der Waals surface area (Å²) in [6, 6.07) is 12.5. The SMILES string of the molecule is COc1cccc(CNc2cccc(C(=O)O)c2N)c1. The van der Waals surface area contributed by atoms with Crippen LogP contribution in [-0.4, -0.2) is 18.2 Å². The lowest BCUT2D eigenvalue weighted by atomic mass is 10.1. The summed E-state index contributed by atoms with van der Waals surface area (Å²) >= 11 is 0. The van der Waals surface area contributed by atoms with Gasteiger partial charge in [-0.3, -0.25) is 0 Å². The van der Waals surface area contributed by atoms with Crippen LogP contribution in [0.4, 0.5) is 11.4 Å². The van der Waals surface area contributed by atoms with Gasteiger partial charge in [-0.2, -0.15) is 0 Å². The number of para-hydroxylation sites is 1. The highest BCUT2D eigenvalue weighted by atomic mass is 16.5. The number of carboxylic acid groups (broad SMARTS) is 1. The predicted molar refractivity (Wildman–Crippen MR) is 78.1 cm³/mol. The molecular formula is C15H16N2O3. The smallest absolute Gasteiger partial charge is 0.337 e. The summed E-state index contributed by atoms with van der Waals surface area (Å²) in [5, 5.41) is 12.2. The Morgan fingerprint density at radius 1 is 1.30 bits per heavy atom. The van der Waals surface area contributed by atoms with Crippen LogP contribution in [0, 0.1) is 0 Å². The van der Waals surface area contributed by atoms with Crippen molar-refractivity contribution < 1.29 is 14.6 Å². The van der Waals surface area contributed by atoms with Crippen LogP contribution >= 0.6 is 0 Å². The van der Waals surface area contributed by atoms with Gasteiger partial charge >= 0.3 is 5.97 Å². The van der Waals surface area contributed by atoms with Gasteiger partial charge in [-0.05, 0) is 29.8 Å². The Bertz CT molecular complexity index is 626. The number of nitrogens with two attached hydrogens (primary N) is 1. The van der Waals surface area contributed by atoms with Crippen LogP contribution < -0.4 is 15.8 Å². The van der Waals surface area contributed by atoms with E-state index >= 15 is 0 Å². The molecule has 2 aromatic carbocycles. The number of ether oxygens (including phenoxy) is 1. The van der Waals surface area contributed by atoms with Crippen LogP contribution in [0.15, 0.2) is 42.5 Å². The fourth-order valence-electron chi connectivity index (χ4n) is 1.89. The molecule has 0 saturated carbocycles. The Hall–Kier alpha value is -2.69. The molecule has 104 valence electrons. The molecule has 2 aromatic rings. The molecule has 0 bridgehead atoms. The molecule has 0 aliphatic heterocycles. The number of carbonyl (C=O) groups is 1. The summed E-state index contributed by atoms with van der Waals surface area (Å²) in [5.41, 5.74) is 7.80. The van der Waals surface area contributed by atoms with Crippen molar-refractivity contribution in [3.05, 3.63) is 53.6 Å². The van der Waals surface area contributed by atoms with Crippen molar-refractivity contribution in [2.24, 2.45) is 0 Å². The molecule has 5 nitrogen and oxygen atoms in total. The Kier molecular flexibility index (Phi) is 4.10. The van der Waals surface area contributed by atoms with Crippen LogP contribution in [0.5, 0.6) is 5.75 Å². The molecule has 0 aliphatic carbocycles. The highest BCUT2D eigenvalue weighted by Crippen LogP contribution is 2.23. The Labute approximate surface area is 117 Å². The van der Waals surface area contributed by atoms with E-state index in [1.807, 2.05) is 24.3 Å². The first-order valence-electron chi connectivity index (χ1n) is 6.10. The summed E-state index contributed by atoms with van der Waals surface area (Å²) in [6.45, 7) is 0.532. The number of nitrogens with one attached hydrogen (secondary N) is 1. The summed E-state index contributed by atoms with van der Waals surface area (Å²) in [7, 11) is 1.61. The van der Waals surface area contributed by atoms with E-state index in [1.54, 1.807) is 19.2 Å². The fourth-order valence-corrected chi connectivity index (χ4v) is 1.89. The maximum absolute atomic E-state index is 11.0. The number of aromatic carboxylic acids is 1. The average Bonchev–Trinajstić information content (AvgIpc) is 2.46. The van der Waals surface area contributed by atoms with E-state index in [2.05, 4.69) is 5.32 Å². The van der Waals surface area contributed by atoms with Gasteiger partial charge in [0.2, 0.25) is 0 Å². The number of rotatable bonds is 5. The largest absolute Gasteiger partial charge is 0.497 e. The zero-order valence-electron chi connectivity index (χ0n) is 11.1. The molecule has 5 heteroatoms. The average molecular weight is 272 g/mol. The van der Waals surface area contributed by atoms with Gasteiger partial charge in [0.05, 0.1) is 24.0 Å². The first-order valence-corrected chi connectivity index (χ1v) is 6.10. The molecule has 0 spiro atoms. The second-order valence-electron chi connectivity index (χ2n) is 4.28. The third-order valence-corrected chi connectivity index (χ3v) is 2.95. The zero-order valence-corrected chi connectivity index (χ0v) is 11.1. The summed E-state index contributed by atoms with van der Waals surface area (Å²) < 4.78 is 5.15. The minimum atomic E-state index is -1.03. The van der Waals surface area contributed by atoms with Crippen LogP contribution in [0.25, 0.3) is 0 Å². The highest BCUT2D eigenvalue weighted by Gasteiger charge is 2.10. The van der Waals surface area contributed by atoms with Gasteiger partial charge < -0.3 is 20.9 Å². The zero-order chi connectivity index (χ0) is 14.5. The molecule has 0 radical (unpaired) electrons. The van der Waals surface area contributed by atoms with Crippen LogP contribution in [0.2, 0.25) is 0 Å². The molecular weight excluding hydrogens is 256 g/mol. The maximum atomic E-state index is 11.0. The molecule has 0 amide bonds. The number of methoxy groups -OCH3 is 1. The van der Waals surface area contributed by atoms with Crippen molar-refractivity contribution >= 4 is 17.3 Å². The van der Waals surface area contributed by atoms with E-state index in [-0.39, 0.29) is 11.3 Å². The van der Waals surface area contributed by atoms with Crippen LogP contribution in [0.3, 0.4) is 0 Å². The van der Waals surface area contributed by atoms with Crippen LogP contribution in [0.1, 0.15) is 15.9 Å². The standard InChI is InChI=1S/C15H16N2O3/c1-20-11-5-2-4-10(8-11)9-17-13-7-3-6-12(14(13)16)15(18)19/h2-8,17H,9,16H2,1H3,(H,18,19). The maximum Gasteiger partial charge on any atom is 0.337 e. The number of anilines is 2. The quantitative estimate of drug-likeness (QED) is 0.728. The predicted octanol–water partition coefficient (Wildman–Crippen LogP) is 2.59. The van der Waals surface area contributed by atoms with E-state index in [0.717, 1.165) is 11.3 Å². The normalized spacial score (nSPS) is 10.1. The molecule has 0 saturated heterocycles. The summed E-state index contributed by atoms with van der Waals surface area (Å²) in [5.74, 6) is -0.260. The topological polar surface area (TPSA) is 84.6 Å². The number of hydrogen-bond donors (Lipinski definition) is 3. The second-order valence-corrected chi connectivity index (χ2v) is 4.28.